The average molecular weight is 294 g/mol. The number of hydrogen-bond donors (Lipinski definition) is 1. The Morgan fingerprint density at radius 3 is 2.56 bits per heavy atom. The van der Waals surface area contributed by atoms with Gasteiger partial charge >= 0.3 is 0 Å². The number of carbonyl (C=O) groups is 1. The van der Waals surface area contributed by atoms with E-state index in [1.807, 2.05) is 13.8 Å². The second-order valence-corrected chi connectivity index (χ2v) is 5.89. The molecule has 0 heterocycles. The SMILES string of the molecule is CC(C)OCC(=O)NCC(C)(C)CCCBr. The van der Waals surface area contributed by atoms with Gasteiger partial charge < -0.3 is 10.1 Å². The second kappa shape index (κ2) is 8.07. The Kier molecular flexibility index (Phi) is 8.02. The van der Waals surface area contributed by atoms with E-state index < -0.39 is 0 Å². The quantitative estimate of drug-likeness (QED) is 0.699. The van der Waals surface area contributed by atoms with Crippen LogP contribution < -0.4 is 5.32 Å². The van der Waals surface area contributed by atoms with Crippen LogP contribution in [-0.4, -0.2) is 30.5 Å². The van der Waals surface area contributed by atoms with Crippen LogP contribution in [0, 0.1) is 5.41 Å². The first kappa shape index (κ1) is 15.9. The third-order valence-corrected chi connectivity index (χ3v) is 2.86. The maximum atomic E-state index is 11.4. The van der Waals surface area contributed by atoms with Crippen LogP contribution in [0.15, 0.2) is 0 Å². The summed E-state index contributed by atoms with van der Waals surface area (Å²) in [4.78, 5) is 11.4. The van der Waals surface area contributed by atoms with E-state index in [9.17, 15) is 4.79 Å². The second-order valence-electron chi connectivity index (χ2n) is 5.09. The number of carbonyl (C=O) groups excluding carboxylic acids is 1. The molecule has 0 radical (unpaired) electrons. The molecule has 0 saturated carbocycles. The molecule has 0 spiro atoms. The van der Waals surface area contributed by atoms with E-state index >= 15 is 0 Å². The van der Waals surface area contributed by atoms with Crippen LogP contribution in [0.5, 0.6) is 0 Å². The smallest absolute Gasteiger partial charge is 0.246 e. The van der Waals surface area contributed by atoms with Crippen molar-refractivity contribution in [2.75, 3.05) is 18.5 Å². The molecule has 0 aliphatic rings. The Hall–Kier alpha value is -0.0900. The molecule has 0 aromatic heterocycles. The van der Waals surface area contributed by atoms with Crippen molar-refractivity contribution in [1.82, 2.24) is 5.32 Å². The van der Waals surface area contributed by atoms with Crippen molar-refractivity contribution >= 4 is 21.8 Å². The van der Waals surface area contributed by atoms with E-state index in [4.69, 9.17) is 4.74 Å². The van der Waals surface area contributed by atoms with Crippen molar-refractivity contribution in [2.45, 2.75) is 46.6 Å². The highest BCUT2D eigenvalue weighted by molar-refractivity contribution is 9.09. The van der Waals surface area contributed by atoms with E-state index in [1.165, 1.54) is 0 Å². The number of amides is 1. The highest BCUT2D eigenvalue weighted by atomic mass is 79.9. The van der Waals surface area contributed by atoms with Gasteiger partial charge in [-0.15, -0.1) is 0 Å². The molecule has 0 fully saturated rings. The van der Waals surface area contributed by atoms with Gasteiger partial charge in [-0.1, -0.05) is 29.8 Å². The Labute approximate surface area is 107 Å². The molecule has 0 aromatic carbocycles. The van der Waals surface area contributed by atoms with Gasteiger partial charge in [0.1, 0.15) is 6.61 Å². The van der Waals surface area contributed by atoms with E-state index in [2.05, 4.69) is 35.1 Å². The zero-order chi connectivity index (χ0) is 12.6. The minimum atomic E-state index is -0.0272. The van der Waals surface area contributed by atoms with Crippen LogP contribution in [0.1, 0.15) is 40.5 Å². The standard InChI is InChI=1S/C12H24BrNO2/c1-10(2)16-8-11(15)14-9-12(3,4)6-5-7-13/h10H,5-9H2,1-4H3,(H,14,15). The zero-order valence-electron chi connectivity index (χ0n) is 10.8. The summed E-state index contributed by atoms with van der Waals surface area (Å²) in [5.74, 6) is -0.0272. The largest absolute Gasteiger partial charge is 0.369 e. The van der Waals surface area contributed by atoms with Crippen LogP contribution in [0.25, 0.3) is 0 Å². The van der Waals surface area contributed by atoms with Gasteiger partial charge in [0.05, 0.1) is 6.10 Å². The van der Waals surface area contributed by atoms with Gasteiger partial charge in [0.2, 0.25) is 5.91 Å². The van der Waals surface area contributed by atoms with Crippen LogP contribution >= 0.6 is 15.9 Å². The molecule has 16 heavy (non-hydrogen) atoms. The molecule has 0 bridgehead atoms. The summed E-state index contributed by atoms with van der Waals surface area (Å²) in [6, 6.07) is 0. The monoisotopic (exact) mass is 293 g/mol. The van der Waals surface area contributed by atoms with E-state index in [1.54, 1.807) is 0 Å². The third-order valence-electron chi connectivity index (χ3n) is 2.30. The minimum absolute atomic E-state index is 0.0272. The zero-order valence-corrected chi connectivity index (χ0v) is 12.4. The van der Waals surface area contributed by atoms with Crippen LogP contribution in [0.2, 0.25) is 0 Å². The molecule has 1 N–H and O–H groups in total. The lowest BCUT2D eigenvalue weighted by molar-refractivity contribution is -0.127. The summed E-state index contributed by atoms with van der Waals surface area (Å²) in [6.07, 6.45) is 2.33. The van der Waals surface area contributed by atoms with Crippen molar-refractivity contribution in [1.29, 1.82) is 0 Å². The molecule has 0 rings (SSSR count). The van der Waals surface area contributed by atoms with Gasteiger partial charge in [-0.3, -0.25) is 4.79 Å². The molecule has 0 saturated heterocycles. The summed E-state index contributed by atoms with van der Waals surface area (Å²) in [6.45, 7) is 9.05. The fourth-order valence-electron chi connectivity index (χ4n) is 1.27. The number of rotatable bonds is 8. The Morgan fingerprint density at radius 1 is 1.44 bits per heavy atom. The average Bonchev–Trinajstić information content (AvgIpc) is 2.21. The number of nitrogens with one attached hydrogen (secondary N) is 1. The Balaban J connectivity index is 3.72. The predicted molar refractivity (Wildman–Crippen MR) is 70.9 cm³/mol. The fourth-order valence-corrected chi connectivity index (χ4v) is 1.55. The predicted octanol–water partition coefficient (Wildman–Crippen LogP) is 2.73. The molecular formula is C12H24BrNO2. The summed E-state index contributed by atoms with van der Waals surface area (Å²) >= 11 is 3.42. The number of hydrogen-bond acceptors (Lipinski definition) is 2. The molecule has 4 heteroatoms. The first-order chi connectivity index (χ1) is 7.37. The van der Waals surface area contributed by atoms with Gasteiger partial charge in [0.25, 0.3) is 0 Å². The molecular weight excluding hydrogens is 270 g/mol. The highest BCUT2D eigenvalue weighted by Crippen LogP contribution is 2.21. The lowest BCUT2D eigenvalue weighted by atomic mass is 9.88. The minimum Gasteiger partial charge on any atom is -0.369 e. The van der Waals surface area contributed by atoms with E-state index in [-0.39, 0.29) is 24.0 Å². The lowest BCUT2D eigenvalue weighted by Crippen LogP contribution is -2.36. The number of halogens is 1. The van der Waals surface area contributed by atoms with Crippen LogP contribution in [-0.2, 0) is 9.53 Å². The lowest BCUT2D eigenvalue weighted by Gasteiger charge is -2.24. The van der Waals surface area contributed by atoms with Gasteiger partial charge in [-0.25, -0.2) is 0 Å². The van der Waals surface area contributed by atoms with Crippen LogP contribution in [0.3, 0.4) is 0 Å². The first-order valence-corrected chi connectivity index (χ1v) is 6.94. The fraction of sp³-hybridized carbons (Fsp3) is 0.917. The van der Waals surface area contributed by atoms with Crippen molar-refractivity contribution < 1.29 is 9.53 Å². The molecule has 0 atom stereocenters. The molecule has 96 valence electrons. The summed E-state index contributed by atoms with van der Waals surface area (Å²) in [5.41, 5.74) is 0.154. The van der Waals surface area contributed by atoms with E-state index in [0.717, 1.165) is 18.2 Å². The third kappa shape index (κ3) is 9.16. The first-order valence-electron chi connectivity index (χ1n) is 5.81. The molecule has 0 aromatic rings. The van der Waals surface area contributed by atoms with Gasteiger partial charge in [0, 0.05) is 11.9 Å². The van der Waals surface area contributed by atoms with Crippen molar-refractivity contribution in [3.05, 3.63) is 0 Å². The molecule has 3 nitrogen and oxygen atoms in total. The molecule has 0 aliphatic carbocycles. The van der Waals surface area contributed by atoms with Crippen molar-refractivity contribution in [2.24, 2.45) is 5.41 Å². The molecule has 0 aliphatic heterocycles. The molecule has 1 amide bonds. The Bertz CT molecular complexity index is 205. The maximum Gasteiger partial charge on any atom is 0.246 e. The topological polar surface area (TPSA) is 38.3 Å². The van der Waals surface area contributed by atoms with E-state index in [0.29, 0.717) is 6.54 Å². The van der Waals surface area contributed by atoms with Crippen molar-refractivity contribution in [3.8, 4) is 0 Å². The van der Waals surface area contributed by atoms with Gasteiger partial charge in [-0.2, -0.15) is 0 Å². The summed E-state index contributed by atoms with van der Waals surface area (Å²) < 4.78 is 5.23. The van der Waals surface area contributed by atoms with Gasteiger partial charge in [0.15, 0.2) is 0 Å². The summed E-state index contributed by atoms with van der Waals surface area (Å²) in [7, 11) is 0. The summed E-state index contributed by atoms with van der Waals surface area (Å²) in [5, 5.41) is 3.92. The molecule has 0 unspecified atom stereocenters. The number of alkyl halides is 1. The highest BCUT2D eigenvalue weighted by Gasteiger charge is 2.18. The van der Waals surface area contributed by atoms with Gasteiger partial charge in [-0.05, 0) is 32.1 Å². The Morgan fingerprint density at radius 2 is 2.06 bits per heavy atom. The van der Waals surface area contributed by atoms with Crippen LogP contribution in [0.4, 0.5) is 0 Å². The maximum absolute atomic E-state index is 11.4. The number of ether oxygens (including phenoxy) is 1. The normalized spacial score (nSPS) is 11.9. The van der Waals surface area contributed by atoms with Crippen molar-refractivity contribution in [3.63, 3.8) is 0 Å².